The maximum Gasteiger partial charge on any atom is 0.221 e. The number of nitrogens with one attached hydrogen (secondary N) is 2. The Balaban J connectivity index is 0.00000220. The molecule has 0 aromatic heterocycles. The van der Waals surface area contributed by atoms with Crippen LogP contribution in [0.2, 0.25) is 0 Å². The molecule has 118 valence electrons. The van der Waals surface area contributed by atoms with E-state index in [2.05, 4.69) is 10.6 Å². The fraction of sp³-hybridized carbons (Fsp3) is 0.500. The smallest absolute Gasteiger partial charge is 0.221 e. The lowest BCUT2D eigenvalue weighted by atomic mass is 10.1. The van der Waals surface area contributed by atoms with Crippen LogP contribution in [-0.2, 0) is 11.2 Å². The zero-order chi connectivity index (χ0) is 14.4. The Bertz CT molecular complexity index is 450. The third-order valence-corrected chi connectivity index (χ3v) is 4.32. The monoisotopic (exact) mass is 336 g/mol. The van der Waals surface area contributed by atoms with Crippen LogP contribution in [-0.4, -0.2) is 36.5 Å². The van der Waals surface area contributed by atoms with Gasteiger partial charge in [0.25, 0.3) is 0 Å². The van der Waals surface area contributed by atoms with Gasteiger partial charge in [0, 0.05) is 42.6 Å². The van der Waals surface area contributed by atoms with E-state index in [1.165, 1.54) is 18.2 Å². The lowest BCUT2D eigenvalue weighted by Crippen LogP contribution is -2.41. The summed E-state index contributed by atoms with van der Waals surface area (Å²) in [6.07, 6.45) is 0.573. The molecular weight excluding hydrogens is 318 g/mol. The van der Waals surface area contributed by atoms with E-state index in [0.717, 1.165) is 18.1 Å². The van der Waals surface area contributed by atoms with Crippen LogP contribution in [0, 0.1) is 11.6 Å². The lowest BCUT2D eigenvalue weighted by molar-refractivity contribution is -0.121. The highest BCUT2D eigenvalue weighted by atomic mass is 35.5. The second-order valence-corrected chi connectivity index (χ2v) is 5.88. The van der Waals surface area contributed by atoms with E-state index in [9.17, 15) is 13.6 Å². The fourth-order valence-corrected chi connectivity index (χ4v) is 3.09. The number of rotatable bonds is 5. The Morgan fingerprint density at radius 1 is 1.38 bits per heavy atom. The first-order chi connectivity index (χ1) is 9.66. The zero-order valence-corrected chi connectivity index (χ0v) is 13.2. The minimum atomic E-state index is -0.565. The molecule has 2 N–H and O–H groups in total. The van der Waals surface area contributed by atoms with Gasteiger partial charge < -0.3 is 10.6 Å². The number of thioether (sulfide) groups is 1. The summed E-state index contributed by atoms with van der Waals surface area (Å²) in [5, 5.41) is 5.99. The van der Waals surface area contributed by atoms with Crippen LogP contribution >= 0.6 is 24.2 Å². The van der Waals surface area contributed by atoms with E-state index in [1.807, 2.05) is 11.8 Å². The van der Waals surface area contributed by atoms with Gasteiger partial charge in [-0.15, -0.1) is 12.4 Å². The van der Waals surface area contributed by atoms with E-state index >= 15 is 0 Å². The highest BCUT2D eigenvalue weighted by Gasteiger charge is 2.16. The summed E-state index contributed by atoms with van der Waals surface area (Å²) in [6.45, 7) is 1.17. The Morgan fingerprint density at radius 3 is 2.71 bits per heavy atom. The summed E-state index contributed by atoms with van der Waals surface area (Å²) in [7, 11) is 0. The molecule has 0 saturated carbocycles. The first kappa shape index (κ1) is 18.2. The molecule has 0 spiro atoms. The van der Waals surface area contributed by atoms with Gasteiger partial charge in [-0.2, -0.15) is 11.8 Å². The maximum absolute atomic E-state index is 13.4. The summed E-state index contributed by atoms with van der Waals surface area (Å²) in [5.74, 6) is 0.788. The Kier molecular flexibility index (Phi) is 8.00. The van der Waals surface area contributed by atoms with Crippen LogP contribution in [0.4, 0.5) is 8.78 Å². The topological polar surface area (TPSA) is 41.1 Å². The van der Waals surface area contributed by atoms with Crippen molar-refractivity contribution in [3.63, 3.8) is 0 Å². The molecule has 1 atom stereocenters. The third-order valence-electron chi connectivity index (χ3n) is 3.19. The van der Waals surface area contributed by atoms with Crippen molar-refractivity contribution < 1.29 is 13.6 Å². The van der Waals surface area contributed by atoms with Crippen LogP contribution in [0.5, 0.6) is 0 Å². The summed E-state index contributed by atoms with van der Waals surface area (Å²) in [6, 6.07) is 3.98. The van der Waals surface area contributed by atoms with E-state index in [0.29, 0.717) is 6.42 Å². The Labute approximate surface area is 133 Å². The van der Waals surface area contributed by atoms with E-state index < -0.39 is 11.6 Å². The second kappa shape index (κ2) is 9.23. The van der Waals surface area contributed by atoms with Crippen LogP contribution < -0.4 is 10.6 Å². The summed E-state index contributed by atoms with van der Waals surface area (Å²) < 4.78 is 26.8. The Hall–Kier alpha value is -0.850. The molecule has 1 aromatic carbocycles. The van der Waals surface area contributed by atoms with Gasteiger partial charge in [-0.1, -0.05) is 6.07 Å². The normalized spacial score (nSPS) is 17.9. The van der Waals surface area contributed by atoms with Crippen molar-refractivity contribution >= 4 is 30.1 Å². The van der Waals surface area contributed by atoms with Crippen molar-refractivity contribution in [1.82, 2.24) is 10.6 Å². The molecule has 1 unspecified atom stereocenters. The SMILES string of the molecule is Cl.O=C(CC1CSCCN1)NCCc1c(F)cccc1F. The molecular formula is C14H19ClF2N2OS. The molecule has 1 saturated heterocycles. The number of hydrogen-bond acceptors (Lipinski definition) is 3. The van der Waals surface area contributed by atoms with Crippen molar-refractivity contribution in [3.05, 3.63) is 35.4 Å². The number of carbonyl (C=O) groups is 1. The summed E-state index contributed by atoms with van der Waals surface area (Å²) in [4.78, 5) is 11.7. The molecule has 1 aliphatic rings. The molecule has 1 heterocycles. The van der Waals surface area contributed by atoms with Gasteiger partial charge >= 0.3 is 0 Å². The molecule has 3 nitrogen and oxygen atoms in total. The molecule has 1 amide bonds. The Morgan fingerprint density at radius 2 is 2.10 bits per heavy atom. The van der Waals surface area contributed by atoms with Crippen LogP contribution in [0.1, 0.15) is 12.0 Å². The molecule has 0 radical (unpaired) electrons. The fourth-order valence-electron chi connectivity index (χ4n) is 2.14. The van der Waals surface area contributed by atoms with Crippen molar-refractivity contribution in [2.24, 2.45) is 0 Å². The van der Waals surface area contributed by atoms with Gasteiger partial charge in [0.2, 0.25) is 5.91 Å². The maximum atomic E-state index is 13.4. The molecule has 0 aliphatic carbocycles. The van der Waals surface area contributed by atoms with E-state index in [1.54, 1.807) is 0 Å². The summed E-state index contributed by atoms with van der Waals surface area (Å²) in [5.41, 5.74) is 0.0270. The number of halogens is 3. The molecule has 1 aromatic rings. The average Bonchev–Trinajstić information content (AvgIpc) is 2.43. The predicted octanol–water partition coefficient (Wildman–Crippen LogP) is 2.14. The van der Waals surface area contributed by atoms with E-state index in [-0.39, 0.29) is 42.9 Å². The minimum absolute atomic E-state index is 0. The quantitative estimate of drug-likeness (QED) is 0.865. The molecule has 7 heteroatoms. The average molecular weight is 337 g/mol. The molecule has 1 aliphatic heterocycles. The van der Waals surface area contributed by atoms with Crippen LogP contribution in [0.25, 0.3) is 0 Å². The highest BCUT2D eigenvalue weighted by Crippen LogP contribution is 2.12. The van der Waals surface area contributed by atoms with Gasteiger partial charge in [0.15, 0.2) is 0 Å². The third kappa shape index (κ3) is 5.80. The van der Waals surface area contributed by atoms with Crippen LogP contribution in [0.3, 0.4) is 0 Å². The second-order valence-electron chi connectivity index (χ2n) is 4.73. The highest BCUT2D eigenvalue weighted by molar-refractivity contribution is 7.99. The number of amides is 1. The first-order valence-electron chi connectivity index (χ1n) is 6.67. The van der Waals surface area contributed by atoms with Gasteiger partial charge in [-0.05, 0) is 18.6 Å². The van der Waals surface area contributed by atoms with Crippen molar-refractivity contribution in [3.8, 4) is 0 Å². The van der Waals surface area contributed by atoms with E-state index in [4.69, 9.17) is 0 Å². The molecule has 1 fully saturated rings. The lowest BCUT2D eigenvalue weighted by Gasteiger charge is -2.22. The molecule has 0 bridgehead atoms. The minimum Gasteiger partial charge on any atom is -0.356 e. The number of benzene rings is 1. The largest absolute Gasteiger partial charge is 0.356 e. The zero-order valence-electron chi connectivity index (χ0n) is 11.5. The van der Waals surface area contributed by atoms with Gasteiger partial charge in [0.1, 0.15) is 11.6 Å². The van der Waals surface area contributed by atoms with Crippen LogP contribution in [0.15, 0.2) is 18.2 Å². The first-order valence-corrected chi connectivity index (χ1v) is 7.83. The van der Waals surface area contributed by atoms with Crippen molar-refractivity contribution in [2.75, 3.05) is 24.6 Å². The molecule has 2 rings (SSSR count). The molecule has 21 heavy (non-hydrogen) atoms. The number of hydrogen-bond donors (Lipinski definition) is 2. The standard InChI is InChI=1S/C14H18F2N2OS.ClH/c15-12-2-1-3-13(16)11(12)4-5-18-14(19)8-10-9-20-7-6-17-10;/h1-3,10,17H,4-9H2,(H,18,19);1H. The number of carbonyl (C=O) groups excluding carboxylic acids is 1. The van der Waals surface area contributed by atoms with Gasteiger partial charge in [0.05, 0.1) is 0 Å². The van der Waals surface area contributed by atoms with Crippen molar-refractivity contribution in [1.29, 1.82) is 0 Å². The van der Waals surface area contributed by atoms with Gasteiger partial charge in [-0.3, -0.25) is 4.79 Å². The van der Waals surface area contributed by atoms with Gasteiger partial charge in [-0.25, -0.2) is 8.78 Å². The van der Waals surface area contributed by atoms with Crippen molar-refractivity contribution in [2.45, 2.75) is 18.9 Å². The predicted molar refractivity (Wildman–Crippen MR) is 84.1 cm³/mol. The summed E-state index contributed by atoms with van der Waals surface area (Å²) >= 11 is 1.83.